The van der Waals surface area contributed by atoms with Gasteiger partial charge in [-0.05, 0) is 0 Å². The summed E-state index contributed by atoms with van der Waals surface area (Å²) in [6, 6.07) is 0. The van der Waals surface area contributed by atoms with Gasteiger partial charge in [0.2, 0.25) is 0 Å². The normalized spacial score (nSPS) is 7.40. The molecule has 5 heavy (non-hydrogen) atoms. The molecule has 0 aromatic rings. The van der Waals surface area contributed by atoms with Gasteiger partial charge < -0.3 is 0 Å². The minimum atomic E-state index is -0.466. The van der Waals surface area contributed by atoms with Crippen molar-refractivity contribution in [2.24, 2.45) is 0 Å². The molecule has 0 nitrogen and oxygen atoms in total. The maximum atomic E-state index is 4.46. The molecule has 0 aliphatic carbocycles. The first-order valence-electron chi connectivity index (χ1n) is 0.805. The molecule has 0 atom stereocenters. The van der Waals surface area contributed by atoms with Crippen LogP contribution in [0, 0.1) is 0 Å². The Morgan fingerprint density at radius 1 is 1.40 bits per heavy atom. The first kappa shape index (κ1) is 6.07. The van der Waals surface area contributed by atoms with Crippen LogP contribution >= 0.6 is 12.1 Å². The monoisotopic (exact) mass is 139 g/mol. The van der Waals surface area contributed by atoms with E-state index in [2.05, 4.69) is 34.4 Å². The maximum absolute atomic E-state index is 4.46. The van der Waals surface area contributed by atoms with Crippen molar-refractivity contribution in [2.75, 3.05) is 0 Å². The Bertz CT molecular complexity index is 79.8. The second-order valence-corrected chi connectivity index (χ2v) is 4.44. The first-order valence-corrected chi connectivity index (χ1v) is 4.41. The van der Waals surface area contributed by atoms with Crippen molar-refractivity contribution in [3.05, 3.63) is 0 Å². The van der Waals surface area contributed by atoms with E-state index in [0.29, 0.717) is 0 Å². The molecule has 0 N–H and O–H groups in total. The van der Waals surface area contributed by atoms with E-state index in [1.807, 2.05) is 0 Å². The summed E-state index contributed by atoms with van der Waals surface area (Å²) in [5, 5.41) is 0. The van der Waals surface area contributed by atoms with E-state index in [4.69, 9.17) is 0 Å². The quantitative estimate of drug-likeness (QED) is 0.378. The van der Waals surface area contributed by atoms with Gasteiger partial charge in [0.25, 0.3) is 0 Å². The number of hydrogen-bond acceptors (Lipinski definition) is 4. The van der Waals surface area contributed by atoms with Crippen LogP contribution in [0.1, 0.15) is 0 Å². The molecular weight excluding hydrogens is 139 g/mol. The zero-order valence-corrected chi connectivity index (χ0v) is 5.48. The molecule has 0 heterocycles. The van der Waals surface area contributed by atoms with Crippen molar-refractivity contribution in [2.45, 2.75) is 0 Å². The van der Waals surface area contributed by atoms with Gasteiger partial charge in [0.15, 0.2) is 0 Å². The Morgan fingerprint density at radius 3 is 1.60 bits per heavy atom. The van der Waals surface area contributed by atoms with Crippen LogP contribution in [0.2, 0.25) is 0 Å². The van der Waals surface area contributed by atoms with Crippen LogP contribution in [0.3, 0.4) is 0 Å². The van der Waals surface area contributed by atoms with E-state index < -0.39 is 7.86 Å². The molecule has 0 aromatic heterocycles. The molecule has 0 aromatic carbocycles. The second kappa shape index (κ2) is 3.27. The molecule has 5 heteroatoms. The molecular formula is BS4-. The molecule has 0 aliphatic heterocycles. The number of hydrogen-bond donors (Lipinski definition) is 0. The van der Waals surface area contributed by atoms with Gasteiger partial charge in [-0.2, -0.15) is 0 Å². The third-order valence-electron chi connectivity index (χ3n) is 0.0786. The SMILES string of the molecule is S=B[S-](=S)=S. The van der Waals surface area contributed by atoms with E-state index >= 15 is 0 Å². The summed E-state index contributed by atoms with van der Waals surface area (Å²) < 4.78 is 0. The molecule has 0 unspecified atom stereocenters. The first-order chi connectivity index (χ1) is 2.27. The summed E-state index contributed by atoms with van der Waals surface area (Å²) >= 11 is 13.3. The summed E-state index contributed by atoms with van der Waals surface area (Å²) in [7, 11) is -0.466. The summed E-state index contributed by atoms with van der Waals surface area (Å²) in [5.41, 5.74) is 1.41. The zero-order chi connectivity index (χ0) is 4.28. The van der Waals surface area contributed by atoms with Crippen molar-refractivity contribution in [1.82, 2.24) is 0 Å². The van der Waals surface area contributed by atoms with Crippen LogP contribution in [0.4, 0.5) is 0 Å². The standard InChI is InChI=1S/BS4/c2-1-5(3)4/q-1. The summed E-state index contributed by atoms with van der Waals surface area (Å²) in [4.78, 5) is 0. The van der Waals surface area contributed by atoms with Gasteiger partial charge >= 0.3 is 47.7 Å². The predicted molar refractivity (Wildman–Crippen MR) is 35.4 cm³/mol. The molecule has 0 saturated carbocycles. The van der Waals surface area contributed by atoms with Crippen LogP contribution < -0.4 is 0 Å². The summed E-state index contributed by atoms with van der Waals surface area (Å²) in [5.74, 6) is 0. The molecule has 0 bridgehead atoms. The van der Waals surface area contributed by atoms with Gasteiger partial charge in [0, 0.05) is 0 Å². The molecule has 0 radical (unpaired) electrons. The molecule has 0 fully saturated rings. The topological polar surface area (TPSA) is 0 Å². The minimum absolute atomic E-state index is 0.466. The average Bonchev–Trinajstić information content (AvgIpc) is 1.38. The Kier molecular flexibility index (Phi) is 3.98. The molecule has 0 aliphatic rings. The van der Waals surface area contributed by atoms with E-state index in [1.54, 1.807) is 0 Å². The summed E-state index contributed by atoms with van der Waals surface area (Å²) in [6.45, 7) is 0. The molecule has 0 rings (SSSR count). The van der Waals surface area contributed by atoms with Gasteiger partial charge in [0.1, 0.15) is 0 Å². The molecule has 28 valence electrons. The third kappa shape index (κ3) is 5.07. The van der Waals surface area contributed by atoms with Crippen LogP contribution in [0.5, 0.6) is 0 Å². The average molecular weight is 139 g/mol. The number of rotatable bonds is 1. The fourth-order valence-electron chi connectivity index (χ4n) is 0. The van der Waals surface area contributed by atoms with E-state index in [-0.39, 0.29) is 0 Å². The van der Waals surface area contributed by atoms with Crippen LogP contribution in [-0.2, 0) is 30.2 Å². The Balaban J connectivity index is 3.69. The Morgan fingerprint density at radius 2 is 1.60 bits per heavy atom. The Labute approximate surface area is 47.8 Å². The van der Waals surface area contributed by atoms with Gasteiger partial charge in [-0.25, -0.2) is 0 Å². The van der Waals surface area contributed by atoms with Crippen molar-refractivity contribution in [3.63, 3.8) is 0 Å². The molecule has 0 spiro atoms. The second-order valence-electron chi connectivity index (χ2n) is 0.357. The van der Waals surface area contributed by atoms with Gasteiger partial charge in [0.05, 0.1) is 0 Å². The van der Waals surface area contributed by atoms with Crippen molar-refractivity contribution in [3.8, 4) is 0 Å². The van der Waals surface area contributed by atoms with Crippen LogP contribution in [-0.4, -0.2) is 5.43 Å². The van der Waals surface area contributed by atoms with E-state index in [0.717, 1.165) is 0 Å². The Hall–Kier alpha value is 1.07. The van der Waals surface area contributed by atoms with E-state index in [1.165, 1.54) is 5.43 Å². The van der Waals surface area contributed by atoms with E-state index in [9.17, 15) is 0 Å². The van der Waals surface area contributed by atoms with Crippen molar-refractivity contribution in [1.29, 1.82) is 0 Å². The van der Waals surface area contributed by atoms with Gasteiger partial charge in [-0.15, -0.1) is 0 Å². The summed E-state index contributed by atoms with van der Waals surface area (Å²) in [6.07, 6.45) is 0. The third-order valence-corrected chi connectivity index (χ3v) is 2.12. The van der Waals surface area contributed by atoms with Gasteiger partial charge in [-0.1, -0.05) is 0 Å². The van der Waals surface area contributed by atoms with Crippen LogP contribution in [0.15, 0.2) is 0 Å². The fraction of sp³-hybridized carbons (Fsp3) is 0. The van der Waals surface area contributed by atoms with Crippen LogP contribution in [0.25, 0.3) is 0 Å². The van der Waals surface area contributed by atoms with Gasteiger partial charge in [-0.3, -0.25) is 0 Å². The fourth-order valence-corrected chi connectivity index (χ4v) is 0. The molecule has 0 amide bonds. The van der Waals surface area contributed by atoms with Crippen molar-refractivity contribution < 1.29 is 0 Å². The van der Waals surface area contributed by atoms with Crippen molar-refractivity contribution >= 4 is 47.7 Å². The zero-order valence-electron chi connectivity index (χ0n) is 2.21. The molecule has 0 saturated heterocycles. The predicted octanol–water partition coefficient (Wildman–Crippen LogP) is 0.260.